The van der Waals surface area contributed by atoms with Crippen LogP contribution in [0, 0.1) is 0 Å². The van der Waals surface area contributed by atoms with Crippen LogP contribution in [0.15, 0.2) is 24.3 Å². The van der Waals surface area contributed by atoms with Crippen molar-refractivity contribution in [2.45, 2.75) is 6.42 Å². The summed E-state index contributed by atoms with van der Waals surface area (Å²) in [5, 5.41) is 0. The topological polar surface area (TPSA) is 38.5 Å². The van der Waals surface area contributed by atoms with Crippen LogP contribution in [0.2, 0.25) is 0 Å². The highest BCUT2D eigenvalue weighted by molar-refractivity contribution is 7.80. The number of ether oxygens (including phenoxy) is 1. The number of nitrogens with zero attached hydrogens (tertiary/aromatic N) is 1. The van der Waals surface area contributed by atoms with E-state index in [1.807, 2.05) is 38.4 Å². The second-order valence-corrected chi connectivity index (χ2v) is 4.31. The van der Waals surface area contributed by atoms with Crippen molar-refractivity contribution in [3.05, 3.63) is 29.8 Å². The molecular formula is C12H18N2OS. The van der Waals surface area contributed by atoms with Crippen molar-refractivity contribution in [2.24, 2.45) is 5.73 Å². The molecule has 1 rings (SSSR count). The molecule has 2 N–H and O–H groups in total. The lowest BCUT2D eigenvalue weighted by molar-refractivity contribution is 0.281. The van der Waals surface area contributed by atoms with Gasteiger partial charge in [-0.05, 0) is 32.6 Å². The molecule has 0 saturated heterocycles. The molecule has 0 spiro atoms. The Morgan fingerprint density at radius 3 is 2.69 bits per heavy atom. The Balaban J connectivity index is 2.50. The molecule has 3 nitrogen and oxygen atoms in total. The fourth-order valence-electron chi connectivity index (χ4n) is 1.36. The monoisotopic (exact) mass is 238 g/mol. The molecule has 16 heavy (non-hydrogen) atoms. The fourth-order valence-corrected chi connectivity index (χ4v) is 1.53. The zero-order valence-corrected chi connectivity index (χ0v) is 10.6. The van der Waals surface area contributed by atoms with Crippen LogP contribution in [-0.2, 0) is 0 Å². The fraction of sp³-hybridized carbons (Fsp3) is 0.417. The summed E-state index contributed by atoms with van der Waals surface area (Å²) >= 11 is 4.96. The summed E-state index contributed by atoms with van der Waals surface area (Å²) in [5.41, 5.74) is 6.42. The molecule has 0 heterocycles. The molecule has 0 unspecified atom stereocenters. The lowest BCUT2D eigenvalue weighted by atomic mass is 10.2. The SMILES string of the molecule is CN(C)CCCOc1ccccc1C(N)=S. The van der Waals surface area contributed by atoms with Gasteiger partial charge in [0, 0.05) is 6.54 Å². The van der Waals surface area contributed by atoms with Gasteiger partial charge in [0.15, 0.2) is 0 Å². The van der Waals surface area contributed by atoms with Crippen LogP contribution in [0.25, 0.3) is 0 Å². The van der Waals surface area contributed by atoms with E-state index in [9.17, 15) is 0 Å². The minimum absolute atomic E-state index is 0.378. The zero-order valence-electron chi connectivity index (χ0n) is 9.77. The van der Waals surface area contributed by atoms with Gasteiger partial charge in [0.1, 0.15) is 10.7 Å². The van der Waals surface area contributed by atoms with Crippen LogP contribution >= 0.6 is 12.2 Å². The summed E-state index contributed by atoms with van der Waals surface area (Å²) in [6.45, 7) is 1.69. The summed E-state index contributed by atoms with van der Waals surface area (Å²) in [5.74, 6) is 0.772. The van der Waals surface area contributed by atoms with Gasteiger partial charge in [-0.2, -0.15) is 0 Å². The quantitative estimate of drug-likeness (QED) is 0.604. The lowest BCUT2D eigenvalue weighted by Gasteiger charge is -2.12. The first kappa shape index (κ1) is 12.9. The first-order valence-electron chi connectivity index (χ1n) is 5.27. The third-order valence-corrected chi connectivity index (χ3v) is 2.38. The van der Waals surface area contributed by atoms with Gasteiger partial charge in [0.2, 0.25) is 0 Å². The molecule has 0 bridgehead atoms. The summed E-state index contributed by atoms with van der Waals surface area (Å²) in [7, 11) is 4.09. The Kier molecular flexibility index (Phi) is 5.22. The highest BCUT2D eigenvalue weighted by Crippen LogP contribution is 2.17. The Morgan fingerprint density at radius 2 is 2.06 bits per heavy atom. The van der Waals surface area contributed by atoms with E-state index in [1.165, 1.54) is 0 Å². The third-order valence-electron chi connectivity index (χ3n) is 2.16. The number of hydrogen-bond acceptors (Lipinski definition) is 3. The van der Waals surface area contributed by atoms with Crippen molar-refractivity contribution in [2.75, 3.05) is 27.2 Å². The molecule has 0 amide bonds. The number of rotatable bonds is 6. The molecule has 0 saturated carbocycles. The Hall–Kier alpha value is -1.13. The lowest BCUT2D eigenvalue weighted by Crippen LogP contribution is -2.16. The van der Waals surface area contributed by atoms with E-state index >= 15 is 0 Å². The van der Waals surface area contributed by atoms with E-state index < -0.39 is 0 Å². The van der Waals surface area contributed by atoms with Gasteiger partial charge < -0.3 is 15.4 Å². The van der Waals surface area contributed by atoms with E-state index in [4.69, 9.17) is 22.7 Å². The molecule has 0 atom stereocenters. The number of hydrogen-bond donors (Lipinski definition) is 1. The standard InChI is InChI=1S/C12H18N2OS/c1-14(2)8-5-9-15-11-7-4-3-6-10(11)12(13)16/h3-4,6-7H,5,8-9H2,1-2H3,(H2,13,16). The Bertz CT molecular complexity index is 353. The van der Waals surface area contributed by atoms with Crippen LogP contribution in [0.5, 0.6) is 5.75 Å². The highest BCUT2D eigenvalue weighted by Gasteiger charge is 2.04. The minimum Gasteiger partial charge on any atom is -0.493 e. The van der Waals surface area contributed by atoms with Gasteiger partial charge >= 0.3 is 0 Å². The molecule has 1 aromatic rings. The van der Waals surface area contributed by atoms with E-state index in [0.717, 1.165) is 24.3 Å². The predicted molar refractivity (Wildman–Crippen MR) is 71.0 cm³/mol. The van der Waals surface area contributed by atoms with Crippen LogP contribution in [0.3, 0.4) is 0 Å². The number of benzene rings is 1. The van der Waals surface area contributed by atoms with Gasteiger partial charge in [-0.1, -0.05) is 24.4 Å². The van der Waals surface area contributed by atoms with Crippen molar-refractivity contribution >= 4 is 17.2 Å². The molecule has 88 valence electrons. The van der Waals surface area contributed by atoms with E-state index in [-0.39, 0.29) is 0 Å². The first-order valence-corrected chi connectivity index (χ1v) is 5.68. The third kappa shape index (κ3) is 4.16. The Labute approximate surface area is 102 Å². The van der Waals surface area contributed by atoms with Crippen molar-refractivity contribution < 1.29 is 4.74 Å². The average molecular weight is 238 g/mol. The van der Waals surface area contributed by atoms with E-state index in [2.05, 4.69) is 4.90 Å². The van der Waals surface area contributed by atoms with Gasteiger partial charge in [0.25, 0.3) is 0 Å². The van der Waals surface area contributed by atoms with E-state index in [0.29, 0.717) is 11.6 Å². The van der Waals surface area contributed by atoms with Crippen molar-refractivity contribution in [3.63, 3.8) is 0 Å². The summed E-state index contributed by atoms with van der Waals surface area (Å²) in [6, 6.07) is 7.60. The maximum Gasteiger partial charge on any atom is 0.129 e. The highest BCUT2D eigenvalue weighted by atomic mass is 32.1. The van der Waals surface area contributed by atoms with Crippen LogP contribution < -0.4 is 10.5 Å². The molecule has 0 aliphatic rings. The smallest absolute Gasteiger partial charge is 0.129 e. The summed E-state index contributed by atoms with van der Waals surface area (Å²) in [6.07, 6.45) is 0.985. The molecule has 0 aromatic heterocycles. The van der Waals surface area contributed by atoms with Crippen molar-refractivity contribution in [1.29, 1.82) is 0 Å². The molecule has 0 aliphatic carbocycles. The molecule has 4 heteroatoms. The largest absolute Gasteiger partial charge is 0.493 e. The summed E-state index contributed by atoms with van der Waals surface area (Å²) < 4.78 is 5.65. The number of nitrogens with two attached hydrogens (primary N) is 1. The van der Waals surface area contributed by atoms with Crippen LogP contribution in [0.1, 0.15) is 12.0 Å². The molecule has 0 aliphatic heterocycles. The maximum atomic E-state index is 5.65. The average Bonchev–Trinajstić information content (AvgIpc) is 2.24. The Morgan fingerprint density at radius 1 is 1.38 bits per heavy atom. The van der Waals surface area contributed by atoms with Gasteiger partial charge in [-0.3, -0.25) is 0 Å². The first-order chi connectivity index (χ1) is 7.61. The van der Waals surface area contributed by atoms with Crippen LogP contribution in [-0.4, -0.2) is 37.1 Å². The minimum atomic E-state index is 0.378. The molecule has 0 radical (unpaired) electrons. The normalized spacial score (nSPS) is 10.4. The second-order valence-electron chi connectivity index (χ2n) is 3.87. The van der Waals surface area contributed by atoms with Gasteiger partial charge in [0.05, 0.1) is 12.2 Å². The molecule has 0 fully saturated rings. The predicted octanol–water partition coefficient (Wildman–Crippen LogP) is 1.65. The van der Waals surface area contributed by atoms with Crippen molar-refractivity contribution in [3.8, 4) is 5.75 Å². The van der Waals surface area contributed by atoms with E-state index in [1.54, 1.807) is 0 Å². The van der Waals surface area contributed by atoms with Gasteiger partial charge in [-0.15, -0.1) is 0 Å². The molecular weight excluding hydrogens is 220 g/mol. The summed E-state index contributed by atoms with van der Waals surface area (Å²) in [4.78, 5) is 2.51. The zero-order chi connectivity index (χ0) is 12.0. The number of thiocarbonyl (C=S) groups is 1. The van der Waals surface area contributed by atoms with Crippen molar-refractivity contribution in [1.82, 2.24) is 4.90 Å². The van der Waals surface area contributed by atoms with Crippen LogP contribution in [0.4, 0.5) is 0 Å². The molecule has 1 aromatic carbocycles. The number of para-hydroxylation sites is 1. The maximum absolute atomic E-state index is 5.65. The second kappa shape index (κ2) is 6.45. The van der Waals surface area contributed by atoms with Gasteiger partial charge in [-0.25, -0.2) is 0 Å².